The molecule has 1 aromatic heterocycles. The highest BCUT2D eigenvalue weighted by atomic mass is 16.5. The van der Waals surface area contributed by atoms with Crippen molar-refractivity contribution >= 4 is 0 Å². The SMILES string of the molecule is COCC(C)CN(C)Cc1ccc(CO)o1. The summed E-state index contributed by atoms with van der Waals surface area (Å²) in [5.41, 5.74) is 0. The van der Waals surface area contributed by atoms with Gasteiger partial charge < -0.3 is 14.3 Å². The Hall–Kier alpha value is -0.840. The number of furan rings is 1. The van der Waals surface area contributed by atoms with Gasteiger partial charge in [-0.15, -0.1) is 0 Å². The number of aliphatic hydroxyl groups is 1. The number of methoxy groups -OCH3 is 1. The first-order valence-corrected chi connectivity index (χ1v) is 5.51. The molecule has 0 aliphatic rings. The predicted molar refractivity (Wildman–Crippen MR) is 62.0 cm³/mol. The van der Waals surface area contributed by atoms with Gasteiger partial charge in [-0.1, -0.05) is 6.92 Å². The van der Waals surface area contributed by atoms with Gasteiger partial charge in [-0.2, -0.15) is 0 Å². The molecule has 92 valence electrons. The molecule has 0 aliphatic heterocycles. The fourth-order valence-electron chi connectivity index (χ4n) is 1.79. The molecule has 4 heteroatoms. The summed E-state index contributed by atoms with van der Waals surface area (Å²) in [5.74, 6) is 2.01. The van der Waals surface area contributed by atoms with Crippen LogP contribution in [0.3, 0.4) is 0 Å². The van der Waals surface area contributed by atoms with Crippen LogP contribution in [0.5, 0.6) is 0 Å². The van der Waals surface area contributed by atoms with Crippen LogP contribution in [0.2, 0.25) is 0 Å². The van der Waals surface area contributed by atoms with Gasteiger partial charge >= 0.3 is 0 Å². The molecule has 16 heavy (non-hydrogen) atoms. The molecule has 0 saturated heterocycles. The molecule has 0 aromatic carbocycles. The maximum Gasteiger partial charge on any atom is 0.129 e. The van der Waals surface area contributed by atoms with Crippen molar-refractivity contribution in [3.63, 3.8) is 0 Å². The van der Waals surface area contributed by atoms with Crippen molar-refractivity contribution in [3.05, 3.63) is 23.7 Å². The van der Waals surface area contributed by atoms with E-state index < -0.39 is 0 Å². The zero-order valence-electron chi connectivity index (χ0n) is 10.3. The van der Waals surface area contributed by atoms with Gasteiger partial charge in [-0.25, -0.2) is 0 Å². The lowest BCUT2D eigenvalue weighted by atomic mass is 10.2. The summed E-state index contributed by atoms with van der Waals surface area (Å²) in [7, 11) is 3.77. The minimum absolute atomic E-state index is 0.0379. The second-order valence-corrected chi connectivity index (χ2v) is 4.28. The molecule has 1 rings (SSSR count). The molecule has 0 saturated carbocycles. The minimum Gasteiger partial charge on any atom is -0.462 e. The summed E-state index contributed by atoms with van der Waals surface area (Å²) in [4.78, 5) is 2.18. The Morgan fingerprint density at radius 2 is 2.12 bits per heavy atom. The fourth-order valence-corrected chi connectivity index (χ4v) is 1.79. The summed E-state index contributed by atoms with van der Waals surface area (Å²) >= 11 is 0. The van der Waals surface area contributed by atoms with Crippen LogP contribution >= 0.6 is 0 Å². The van der Waals surface area contributed by atoms with Crippen LogP contribution < -0.4 is 0 Å². The first kappa shape index (κ1) is 13.2. The number of aliphatic hydroxyl groups excluding tert-OH is 1. The topological polar surface area (TPSA) is 45.8 Å². The Labute approximate surface area is 96.8 Å². The van der Waals surface area contributed by atoms with Gasteiger partial charge in [0.1, 0.15) is 18.1 Å². The maximum absolute atomic E-state index is 8.88. The highest BCUT2D eigenvalue weighted by molar-refractivity contribution is 5.06. The Kier molecular flexibility index (Phi) is 5.52. The lowest BCUT2D eigenvalue weighted by Gasteiger charge is -2.19. The van der Waals surface area contributed by atoms with Crippen LogP contribution in [0.15, 0.2) is 16.5 Å². The molecule has 1 heterocycles. The third-order valence-electron chi connectivity index (χ3n) is 2.37. The van der Waals surface area contributed by atoms with Crippen molar-refractivity contribution < 1.29 is 14.3 Å². The molecule has 4 nitrogen and oxygen atoms in total. The molecular weight excluding hydrogens is 206 g/mol. The second kappa shape index (κ2) is 6.68. The molecule has 1 N–H and O–H groups in total. The lowest BCUT2D eigenvalue weighted by molar-refractivity contribution is 0.133. The molecule has 0 amide bonds. The van der Waals surface area contributed by atoms with Gasteiger partial charge in [0.25, 0.3) is 0 Å². The Bertz CT molecular complexity index is 298. The van der Waals surface area contributed by atoms with E-state index in [-0.39, 0.29) is 6.61 Å². The van der Waals surface area contributed by atoms with Gasteiger partial charge in [0.05, 0.1) is 6.54 Å². The van der Waals surface area contributed by atoms with Crippen LogP contribution in [0, 0.1) is 5.92 Å². The zero-order chi connectivity index (χ0) is 12.0. The molecule has 0 bridgehead atoms. The summed E-state index contributed by atoms with van der Waals surface area (Å²) in [6, 6.07) is 3.71. The summed E-state index contributed by atoms with van der Waals surface area (Å²) in [6.45, 7) is 4.60. The monoisotopic (exact) mass is 227 g/mol. The van der Waals surface area contributed by atoms with E-state index in [1.165, 1.54) is 0 Å². The van der Waals surface area contributed by atoms with E-state index in [9.17, 15) is 0 Å². The number of ether oxygens (including phenoxy) is 1. The van der Waals surface area contributed by atoms with Gasteiger partial charge in [-0.05, 0) is 25.1 Å². The number of nitrogens with zero attached hydrogens (tertiary/aromatic N) is 1. The Morgan fingerprint density at radius 1 is 1.44 bits per heavy atom. The summed E-state index contributed by atoms with van der Waals surface area (Å²) in [6.07, 6.45) is 0. The molecule has 1 atom stereocenters. The summed E-state index contributed by atoms with van der Waals surface area (Å²) in [5, 5.41) is 8.88. The van der Waals surface area contributed by atoms with Crippen LogP contribution in [-0.2, 0) is 17.9 Å². The van der Waals surface area contributed by atoms with Gasteiger partial charge in [-0.3, -0.25) is 4.90 Å². The maximum atomic E-state index is 8.88. The largest absolute Gasteiger partial charge is 0.462 e. The third-order valence-corrected chi connectivity index (χ3v) is 2.37. The minimum atomic E-state index is -0.0379. The standard InChI is InChI=1S/C12H21NO3/c1-10(9-15-3)6-13(2)7-11-4-5-12(8-14)16-11/h4-5,10,14H,6-9H2,1-3H3. The van der Waals surface area contributed by atoms with Crippen molar-refractivity contribution in [3.8, 4) is 0 Å². The lowest BCUT2D eigenvalue weighted by Crippen LogP contribution is -2.25. The molecule has 0 fully saturated rings. The van der Waals surface area contributed by atoms with E-state index in [0.29, 0.717) is 11.7 Å². The average molecular weight is 227 g/mol. The van der Waals surface area contributed by atoms with Crippen molar-refractivity contribution in [2.24, 2.45) is 5.92 Å². The Balaban J connectivity index is 2.35. The zero-order valence-corrected chi connectivity index (χ0v) is 10.3. The third kappa shape index (κ3) is 4.35. The van der Waals surface area contributed by atoms with Crippen LogP contribution in [0.1, 0.15) is 18.4 Å². The first-order valence-electron chi connectivity index (χ1n) is 5.51. The number of hydrogen-bond acceptors (Lipinski definition) is 4. The normalized spacial score (nSPS) is 13.3. The molecular formula is C12H21NO3. The van der Waals surface area contributed by atoms with Crippen molar-refractivity contribution in [2.75, 3.05) is 27.3 Å². The predicted octanol–water partition coefficient (Wildman–Crippen LogP) is 1.49. The van der Waals surface area contributed by atoms with Crippen molar-refractivity contribution in [1.29, 1.82) is 0 Å². The fraction of sp³-hybridized carbons (Fsp3) is 0.667. The van der Waals surface area contributed by atoms with E-state index in [4.69, 9.17) is 14.3 Å². The highest BCUT2D eigenvalue weighted by Crippen LogP contribution is 2.10. The van der Waals surface area contributed by atoms with Crippen molar-refractivity contribution in [1.82, 2.24) is 4.90 Å². The Morgan fingerprint density at radius 3 is 2.69 bits per heavy atom. The first-order chi connectivity index (χ1) is 7.65. The van der Waals surface area contributed by atoms with Gasteiger partial charge in [0.15, 0.2) is 0 Å². The van der Waals surface area contributed by atoms with Crippen LogP contribution in [0.25, 0.3) is 0 Å². The molecule has 0 aliphatic carbocycles. The van der Waals surface area contributed by atoms with E-state index in [1.54, 1.807) is 7.11 Å². The summed E-state index contributed by atoms with van der Waals surface area (Å²) < 4.78 is 10.5. The van der Waals surface area contributed by atoms with E-state index >= 15 is 0 Å². The molecule has 1 unspecified atom stereocenters. The number of rotatable bonds is 7. The highest BCUT2D eigenvalue weighted by Gasteiger charge is 2.09. The van der Waals surface area contributed by atoms with Gasteiger partial charge in [0, 0.05) is 20.3 Å². The molecule has 0 spiro atoms. The molecule has 1 aromatic rings. The van der Waals surface area contributed by atoms with Crippen LogP contribution in [-0.4, -0.2) is 37.3 Å². The van der Waals surface area contributed by atoms with E-state index in [1.807, 2.05) is 19.2 Å². The van der Waals surface area contributed by atoms with E-state index in [0.717, 1.165) is 25.5 Å². The average Bonchev–Trinajstić information content (AvgIpc) is 2.65. The smallest absolute Gasteiger partial charge is 0.129 e. The van der Waals surface area contributed by atoms with Crippen LogP contribution in [0.4, 0.5) is 0 Å². The quantitative estimate of drug-likeness (QED) is 0.766. The molecule has 0 radical (unpaired) electrons. The second-order valence-electron chi connectivity index (χ2n) is 4.28. The van der Waals surface area contributed by atoms with E-state index in [2.05, 4.69) is 11.8 Å². The van der Waals surface area contributed by atoms with Crippen molar-refractivity contribution in [2.45, 2.75) is 20.1 Å². The van der Waals surface area contributed by atoms with Gasteiger partial charge in [0.2, 0.25) is 0 Å². The number of hydrogen-bond donors (Lipinski definition) is 1.